The van der Waals surface area contributed by atoms with Gasteiger partial charge in [0.25, 0.3) is 0 Å². The van der Waals surface area contributed by atoms with E-state index in [0.29, 0.717) is 19.5 Å². The molecule has 1 aliphatic rings. The fourth-order valence-electron chi connectivity index (χ4n) is 2.93. The second-order valence-corrected chi connectivity index (χ2v) is 7.65. The Morgan fingerprint density at radius 1 is 1.25 bits per heavy atom. The van der Waals surface area contributed by atoms with Crippen LogP contribution in [0.1, 0.15) is 46.1 Å². The summed E-state index contributed by atoms with van der Waals surface area (Å²) in [6.45, 7) is 8.56. The maximum Gasteiger partial charge on any atom is 0.307 e. The number of amides is 1. The summed E-state index contributed by atoms with van der Waals surface area (Å²) in [6.07, 6.45) is 0.795. The average molecular weight is 333 g/mol. The van der Waals surface area contributed by atoms with Gasteiger partial charge in [-0.25, -0.2) is 0 Å². The molecular formula is C19H27NO4. The Hall–Kier alpha value is -2.04. The predicted molar refractivity (Wildman–Crippen MR) is 91.6 cm³/mol. The van der Waals surface area contributed by atoms with E-state index in [-0.39, 0.29) is 18.3 Å². The molecular weight excluding hydrogens is 306 g/mol. The van der Waals surface area contributed by atoms with Crippen LogP contribution in [0.5, 0.6) is 5.75 Å². The second-order valence-electron chi connectivity index (χ2n) is 7.65. The van der Waals surface area contributed by atoms with Gasteiger partial charge in [0.2, 0.25) is 5.91 Å². The standard InChI is InChI=1S/C19H27NO4/c1-18(2,3)24-16(21)12-19(4)10-11-20(17(19)22)13-14-6-8-15(23-5)9-7-14/h6-9H,10-13H2,1-5H3/t19-/m0/s1. The lowest BCUT2D eigenvalue weighted by Crippen LogP contribution is -2.35. The quantitative estimate of drug-likeness (QED) is 0.777. The van der Waals surface area contributed by atoms with Crippen LogP contribution in [0.2, 0.25) is 0 Å². The van der Waals surface area contributed by atoms with Crippen molar-refractivity contribution in [3.05, 3.63) is 29.8 Å². The molecule has 0 unspecified atom stereocenters. The van der Waals surface area contributed by atoms with Crippen molar-refractivity contribution >= 4 is 11.9 Å². The largest absolute Gasteiger partial charge is 0.497 e. The monoisotopic (exact) mass is 333 g/mol. The van der Waals surface area contributed by atoms with Crippen LogP contribution in [-0.4, -0.2) is 36.0 Å². The summed E-state index contributed by atoms with van der Waals surface area (Å²) >= 11 is 0. The van der Waals surface area contributed by atoms with Gasteiger partial charge in [0, 0.05) is 13.1 Å². The van der Waals surface area contributed by atoms with Crippen LogP contribution in [0, 0.1) is 5.41 Å². The molecule has 1 aromatic carbocycles. The van der Waals surface area contributed by atoms with Gasteiger partial charge >= 0.3 is 5.97 Å². The Morgan fingerprint density at radius 3 is 2.42 bits per heavy atom. The first kappa shape index (κ1) is 18.3. The van der Waals surface area contributed by atoms with Crippen LogP contribution in [0.25, 0.3) is 0 Å². The summed E-state index contributed by atoms with van der Waals surface area (Å²) in [4.78, 5) is 26.7. The van der Waals surface area contributed by atoms with Crippen LogP contribution in [0.3, 0.4) is 0 Å². The molecule has 5 nitrogen and oxygen atoms in total. The molecule has 5 heteroatoms. The zero-order valence-corrected chi connectivity index (χ0v) is 15.2. The van der Waals surface area contributed by atoms with E-state index in [2.05, 4.69) is 0 Å². The van der Waals surface area contributed by atoms with E-state index in [9.17, 15) is 9.59 Å². The second kappa shape index (κ2) is 6.83. The van der Waals surface area contributed by atoms with Crippen molar-refractivity contribution in [2.24, 2.45) is 5.41 Å². The summed E-state index contributed by atoms with van der Waals surface area (Å²) in [6, 6.07) is 7.68. The molecule has 1 aromatic rings. The number of carbonyl (C=O) groups excluding carboxylic acids is 2. The lowest BCUT2D eigenvalue weighted by molar-refractivity contribution is -0.160. The van der Waals surface area contributed by atoms with Gasteiger partial charge in [0.05, 0.1) is 18.9 Å². The molecule has 132 valence electrons. The van der Waals surface area contributed by atoms with Crippen molar-refractivity contribution in [3.63, 3.8) is 0 Å². The van der Waals surface area contributed by atoms with Crippen molar-refractivity contribution in [2.75, 3.05) is 13.7 Å². The van der Waals surface area contributed by atoms with Gasteiger partial charge in [-0.2, -0.15) is 0 Å². The van der Waals surface area contributed by atoms with E-state index in [1.165, 1.54) is 0 Å². The Morgan fingerprint density at radius 2 is 1.88 bits per heavy atom. The molecule has 0 aliphatic carbocycles. The Kier molecular flexibility index (Phi) is 5.21. The highest BCUT2D eigenvalue weighted by Crippen LogP contribution is 2.36. The Balaban J connectivity index is 1.98. The van der Waals surface area contributed by atoms with Crippen molar-refractivity contribution in [1.29, 1.82) is 0 Å². The molecule has 1 fully saturated rings. The molecule has 2 rings (SSSR count). The fourth-order valence-corrected chi connectivity index (χ4v) is 2.93. The third-order valence-electron chi connectivity index (χ3n) is 4.22. The third kappa shape index (κ3) is 4.49. The van der Waals surface area contributed by atoms with E-state index in [4.69, 9.17) is 9.47 Å². The Bertz CT molecular complexity index is 603. The molecule has 1 saturated heterocycles. The molecule has 0 bridgehead atoms. The maximum absolute atomic E-state index is 12.7. The summed E-state index contributed by atoms with van der Waals surface area (Å²) in [7, 11) is 1.63. The number of hydrogen-bond donors (Lipinski definition) is 0. The van der Waals surface area contributed by atoms with Gasteiger partial charge < -0.3 is 14.4 Å². The SMILES string of the molecule is COc1ccc(CN2CC[C@@](C)(CC(=O)OC(C)(C)C)C2=O)cc1. The number of likely N-dealkylation sites (tertiary alicyclic amines) is 1. The van der Waals surface area contributed by atoms with E-state index >= 15 is 0 Å². The molecule has 1 amide bonds. The van der Waals surface area contributed by atoms with Gasteiger partial charge in [-0.15, -0.1) is 0 Å². The number of carbonyl (C=O) groups is 2. The topological polar surface area (TPSA) is 55.8 Å². The lowest BCUT2D eigenvalue weighted by Gasteiger charge is -2.25. The molecule has 0 aromatic heterocycles. The zero-order chi connectivity index (χ0) is 18.0. The highest BCUT2D eigenvalue weighted by molar-refractivity contribution is 5.88. The van der Waals surface area contributed by atoms with Crippen molar-refractivity contribution in [2.45, 2.75) is 52.7 Å². The van der Waals surface area contributed by atoms with E-state index in [0.717, 1.165) is 11.3 Å². The molecule has 0 radical (unpaired) electrons. The summed E-state index contributed by atoms with van der Waals surface area (Å²) in [5.74, 6) is 0.495. The minimum absolute atomic E-state index is 0.0178. The van der Waals surface area contributed by atoms with Crippen LogP contribution >= 0.6 is 0 Å². The molecule has 1 atom stereocenters. The molecule has 1 aliphatic heterocycles. The first-order valence-electron chi connectivity index (χ1n) is 8.27. The maximum atomic E-state index is 12.7. The summed E-state index contributed by atoms with van der Waals surface area (Å²) in [5, 5.41) is 0. The van der Waals surface area contributed by atoms with Gasteiger partial charge in [-0.05, 0) is 44.9 Å². The molecule has 0 spiro atoms. The number of nitrogens with zero attached hydrogens (tertiary/aromatic N) is 1. The lowest BCUT2D eigenvalue weighted by atomic mass is 9.85. The van der Waals surface area contributed by atoms with Crippen LogP contribution in [0.15, 0.2) is 24.3 Å². The fraction of sp³-hybridized carbons (Fsp3) is 0.579. The number of hydrogen-bond acceptors (Lipinski definition) is 4. The zero-order valence-electron chi connectivity index (χ0n) is 15.2. The average Bonchev–Trinajstić information content (AvgIpc) is 2.74. The van der Waals surface area contributed by atoms with Crippen LogP contribution in [-0.2, 0) is 20.9 Å². The van der Waals surface area contributed by atoms with E-state index in [1.807, 2.05) is 56.9 Å². The van der Waals surface area contributed by atoms with Crippen molar-refractivity contribution in [3.8, 4) is 5.75 Å². The highest BCUT2D eigenvalue weighted by atomic mass is 16.6. The van der Waals surface area contributed by atoms with Crippen molar-refractivity contribution in [1.82, 2.24) is 4.90 Å². The first-order chi connectivity index (χ1) is 11.1. The van der Waals surface area contributed by atoms with Gasteiger partial charge in [-0.1, -0.05) is 19.1 Å². The smallest absolute Gasteiger partial charge is 0.307 e. The third-order valence-corrected chi connectivity index (χ3v) is 4.22. The van der Waals surface area contributed by atoms with E-state index < -0.39 is 11.0 Å². The highest BCUT2D eigenvalue weighted by Gasteiger charge is 2.44. The minimum atomic E-state index is -0.672. The van der Waals surface area contributed by atoms with Gasteiger partial charge in [0.1, 0.15) is 11.4 Å². The number of rotatable bonds is 5. The van der Waals surface area contributed by atoms with Crippen molar-refractivity contribution < 1.29 is 19.1 Å². The minimum Gasteiger partial charge on any atom is -0.497 e. The number of ether oxygens (including phenoxy) is 2. The van der Waals surface area contributed by atoms with Gasteiger partial charge in [-0.3, -0.25) is 9.59 Å². The van der Waals surface area contributed by atoms with Crippen LogP contribution < -0.4 is 4.74 Å². The number of benzene rings is 1. The Labute approximate surface area is 143 Å². The van der Waals surface area contributed by atoms with E-state index in [1.54, 1.807) is 7.11 Å². The van der Waals surface area contributed by atoms with Gasteiger partial charge in [0.15, 0.2) is 0 Å². The molecule has 0 saturated carbocycles. The molecule has 24 heavy (non-hydrogen) atoms. The number of methoxy groups -OCH3 is 1. The van der Waals surface area contributed by atoms with Crippen LogP contribution in [0.4, 0.5) is 0 Å². The molecule has 1 heterocycles. The molecule has 0 N–H and O–H groups in total. The summed E-state index contributed by atoms with van der Waals surface area (Å²) in [5.41, 5.74) is -0.155. The summed E-state index contributed by atoms with van der Waals surface area (Å²) < 4.78 is 10.5. The number of esters is 1. The predicted octanol–water partition coefficient (Wildman–Crippen LogP) is 3.17. The normalized spacial score (nSPS) is 21.0. The first-order valence-corrected chi connectivity index (χ1v) is 8.27.